The van der Waals surface area contributed by atoms with Gasteiger partial charge in [-0.3, -0.25) is 4.79 Å². The fourth-order valence-electron chi connectivity index (χ4n) is 1.30. The third-order valence-electron chi connectivity index (χ3n) is 2.09. The van der Waals surface area contributed by atoms with Gasteiger partial charge in [-0.2, -0.15) is 12.7 Å². The van der Waals surface area contributed by atoms with Crippen molar-refractivity contribution in [1.29, 1.82) is 0 Å². The number of carbonyl (C=O) groups is 1. The molecule has 0 aromatic heterocycles. The number of hydrogen-bond donors (Lipinski definition) is 2. The highest BCUT2D eigenvalue weighted by atomic mass is 32.2. The lowest BCUT2D eigenvalue weighted by atomic mass is 10.5. The first-order valence-corrected chi connectivity index (χ1v) is 6.53. The first kappa shape index (κ1) is 13.4. The third kappa shape index (κ3) is 4.44. The Kier molecular flexibility index (Phi) is 5.13. The molecule has 8 heteroatoms. The van der Waals surface area contributed by atoms with Crippen LogP contribution in [-0.2, 0) is 19.7 Å². The number of ether oxygens (including phenoxy) is 1. The highest BCUT2D eigenvalue weighted by Crippen LogP contribution is 2.01. The molecular weight excluding hydrogens is 234 g/mol. The summed E-state index contributed by atoms with van der Waals surface area (Å²) in [4.78, 5) is 10.6. The van der Waals surface area contributed by atoms with Gasteiger partial charge in [0, 0.05) is 33.1 Å². The molecule has 1 heterocycles. The van der Waals surface area contributed by atoms with E-state index in [4.69, 9.17) is 4.74 Å². The lowest BCUT2D eigenvalue weighted by Gasteiger charge is -2.26. The smallest absolute Gasteiger partial charge is 0.279 e. The van der Waals surface area contributed by atoms with Gasteiger partial charge in [0.05, 0.1) is 13.2 Å². The summed E-state index contributed by atoms with van der Waals surface area (Å²) >= 11 is 0. The molecule has 0 aromatic rings. The maximum absolute atomic E-state index is 11.7. The quantitative estimate of drug-likeness (QED) is 0.570. The number of carbonyl (C=O) groups excluding carboxylic acids is 1. The molecule has 1 saturated heterocycles. The van der Waals surface area contributed by atoms with Crippen LogP contribution in [0, 0.1) is 0 Å². The third-order valence-corrected chi connectivity index (χ3v) is 3.71. The van der Waals surface area contributed by atoms with Crippen LogP contribution in [0.3, 0.4) is 0 Å². The summed E-state index contributed by atoms with van der Waals surface area (Å²) in [6, 6.07) is 0. The van der Waals surface area contributed by atoms with Crippen molar-refractivity contribution in [2.24, 2.45) is 0 Å². The second-order valence-electron chi connectivity index (χ2n) is 3.39. The van der Waals surface area contributed by atoms with E-state index in [9.17, 15) is 13.2 Å². The molecule has 0 atom stereocenters. The Morgan fingerprint density at radius 3 is 2.50 bits per heavy atom. The van der Waals surface area contributed by atoms with E-state index in [-0.39, 0.29) is 12.5 Å². The lowest BCUT2D eigenvalue weighted by Crippen LogP contribution is -2.48. The van der Waals surface area contributed by atoms with Gasteiger partial charge in [0.1, 0.15) is 0 Å². The normalized spacial score (nSPS) is 18.3. The van der Waals surface area contributed by atoms with E-state index >= 15 is 0 Å². The number of rotatable bonds is 5. The Labute approximate surface area is 95.3 Å². The second kappa shape index (κ2) is 6.14. The summed E-state index contributed by atoms with van der Waals surface area (Å²) in [5, 5.41) is 2.51. The van der Waals surface area contributed by atoms with E-state index in [0.717, 1.165) is 0 Å². The van der Waals surface area contributed by atoms with Crippen LogP contribution in [-0.4, -0.2) is 58.0 Å². The monoisotopic (exact) mass is 251 g/mol. The molecule has 16 heavy (non-hydrogen) atoms. The zero-order chi connectivity index (χ0) is 12.0. The minimum absolute atomic E-state index is 0.175. The van der Waals surface area contributed by atoms with Crippen LogP contribution in [0.1, 0.15) is 6.92 Å². The summed E-state index contributed by atoms with van der Waals surface area (Å²) in [5.74, 6) is -0.175. The minimum atomic E-state index is -3.43. The molecule has 1 fully saturated rings. The van der Waals surface area contributed by atoms with E-state index in [0.29, 0.717) is 32.8 Å². The largest absolute Gasteiger partial charge is 0.379 e. The van der Waals surface area contributed by atoms with Gasteiger partial charge in [-0.15, -0.1) is 0 Å². The van der Waals surface area contributed by atoms with Gasteiger partial charge in [-0.05, 0) is 0 Å². The Balaban J connectivity index is 2.30. The van der Waals surface area contributed by atoms with E-state index in [2.05, 4.69) is 10.0 Å². The molecule has 1 aliphatic heterocycles. The predicted octanol–water partition coefficient (Wildman–Crippen LogP) is -1.71. The van der Waals surface area contributed by atoms with Crippen LogP contribution in [0.15, 0.2) is 0 Å². The van der Waals surface area contributed by atoms with Crippen molar-refractivity contribution in [2.45, 2.75) is 6.92 Å². The van der Waals surface area contributed by atoms with Gasteiger partial charge in [-0.1, -0.05) is 0 Å². The van der Waals surface area contributed by atoms with Crippen LogP contribution in [0.2, 0.25) is 0 Å². The average Bonchev–Trinajstić information content (AvgIpc) is 2.26. The Morgan fingerprint density at radius 1 is 1.31 bits per heavy atom. The highest BCUT2D eigenvalue weighted by molar-refractivity contribution is 7.87. The summed E-state index contributed by atoms with van der Waals surface area (Å²) in [7, 11) is -3.43. The highest BCUT2D eigenvalue weighted by Gasteiger charge is 2.23. The number of nitrogens with zero attached hydrogens (tertiary/aromatic N) is 1. The maximum Gasteiger partial charge on any atom is 0.279 e. The molecule has 0 bridgehead atoms. The molecule has 7 nitrogen and oxygen atoms in total. The fraction of sp³-hybridized carbons (Fsp3) is 0.875. The first-order valence-electron chi connectivity index (χ1n) is 5.09. The number of morpholine rings is 1. The Hall–Kier alpha value is -0.700. The topological polar surface area (TPSA) is 87.7 Å². The molecule has 2 N–H and O–H groups in total. The van der Waals surface area contributed by atoms with Crippen molar-refractivity contribution >= 4 is 16.1 Å². The molecule has 1 rings (SSSR count). The van der Waals surface area contributed by atoms with Gasteiger partial charge >= 0.3 is 0 Å². The number of hydrogen-bond acceptors (Lipinski definition) is 4. The molecule has 0 spiro atoms. The molecule has 0 aromatic carbocycles. The predicted molar refractivity (Wildman–Crippen MR) is 58.0 cm³/mol. The summed E-state index contributed by atoms with van der Waals surface area (Å²) in [5.41, 5.74) is 0. The van der Waals surface area contributed by atoms with Gasteiger partial charge in [0.15, 0.2) is 0 Å². The van der Waals surface area contributed by atoms with Gasteiger partial charge in [-0.25, -0.2) is 4.72 Å². The summed E-state index contributed by atoms with van der Waals surface area (Å²) < 4.78 is 32.2. The zero-order valence-corrected chi connectivity index (χ0v) is 10.0. The summed E-state index contributed by atoms with van der Waals surface area (Å²) in [6.07, 6.45) is 0. The lowest BCUT2D eigenvalue weighted by molar-refractivity contribution is -0.118. The van der Waals surface area contributed by atoms with Crippen LogP contribution in [0.4, 0.5) is 0 Å². The molecular formula is C8H17N3O4S. The van der Waals surface area contributed by atoms with E-state index in [1.165, 1.54) is 11.2 Å². The summed E-state index contributed by atoms with van der Waals surface area (Å²) in [6.45, 7) is 3.46. The van der Waals surface area contributed by atoms with E-state index in [1.807, 2.05) is 0 Å². The molecule has 0 aliphatic carbocycles. The second-order valence-corrected chi connectivity index (χ2v) is 5.15. The van der Waals surface area contributed by atoms with Crippen LogP contribution >= 0.6 is 0 Å². The van der Waals surface area contributed by atoms with Crippen molar-refractivity contribution in [1.82, 2.24) is 14.3 Å². The van der Waals surface area contributed by atoms with Crippen LogP contribution in [0.25, 0.3) is 0 Å². The van der Waals surface area contributed by atoms with Crippen molar-refractivity contribution in [3.05, 3.63) is 0 Å². The molecule has 0 radical (unpaired) electrons. The number of nitrogens with one attached hydrogen (secondary N) is 2. The van der Waals surface area contributed by atoms with E-state index < -0.39 is 10.2 Å². The zero-order valence-electron chi connectivity index (χ0n) is 9.23. The molecule has 0 unspecified atom stereocenters. The van der Waals surface area contributed by atoms with Crippen LogP contribution < -0.4 is 10.0 Å². The molecule has 1 aliphatic rings. The minimum Gasteiger partial charge on any atom is -0.379 e. The van der Waals surface area contributed by atoms with E-state index in [1.54, 1.807) is 0 Å². The van der Waals surface area contributed by atoms with Crippen molar-refractivity contribution in [3.63, 3.8) is 0 Å². The standard InChI is InChI=1S/C8H17N3O4S/c1-8(12)9-2-3-10-16(13,14)11-4-6-15-7-5-11/h10H,2-7H2,1H3,(H,9,12). The molecule has 94 valence electrons. The van der Waals surface area contributed by atoms with Crippen molar-refractivity contribution in [2.75, 3.05) is 39.4 Å². The Morgan fingerprint density at radius 2 is 1.94 bits per heavy atom. The number of amides is 1. The van der Waals surface area contributed by atoms with Gasteiger partial charge in [0.25, 0.3) is 10.2 Å². The van der Waals surface area contributed by atoms with Crippen molar-refractivity contribution in [3.8, 4) is 0 Å². The van der Waals surface area contributed by atoms with Crippen LogP contribution in [0.5, 0.6) is 0 Å². The average molecular weight is 251 g/mol. The van der Waals surface area contributed by atoms with Gasteiger partial charge < -0.3 is 10.1 Å². The SMILES string of the molecule is CC(=O)NCCNS(=O)(=O)N1CCOCC1. The maximum atomic E-state index is 11.7. The van der Waals surface area contributed by atoms with Crippen molar-refractivity contribution < 1.29 is 17.9 Å². The molecule has 1 amide bonds. The first-order chi connectivity index (χ1) is 7.52. The molecule has 0 saturated carbocycles. The Bertz CT molecular complexity index is 324. The van der Waals surface area contributed by atoms with Gasteiger partial charge in [0.2, 0.25) is 5.91 Å². The fourth-order valence-corrected chi connectivity index (χ4v) is 2.47.